The monoisotopic (exact) mass is 182 g/mol. The van der Waals surface area contributed by atoms with Crippen molar-refractivity contribution in [1.29, 1.82) is 0 Å². The number of carbonyl (C=O) groups excluding carboxylic acids is 2. The molecule has 0 fully saturated rings. The highest BCUT2D eigenvalue weighted by Gasteiger charge is 2.04. The van der Waals surface area contributed by atoms with Gasteiger partial charge in [0.05, 0.1) is 13.0 Å². The van der Waals surface area contributed by atoms with Crippen molar-refractivity contribution in [2.45, 2.75) is 19.9 Å². The van der Waals surface area contributed by atoms with Crippen molar-refractivity contribution in [3.63, 3.8) is 0 Å². The Morgan fingerprint density at radius 2 is 2.38 bits per heavy atom. The lowest BCUT2D eigenvalue weighted by Gasteiger charge is -1.99. The van der Waals surface area contributed by atoms with Gasteiger partial charge in [0.25, 0.3) is 0 Å². The van der Waals surface area contributed by atoms with Crippen LogP contribution in [0.3, 0.4) is 0 Å². The Morgan fingerprint density at radius 1 is 1.62 bits per heavy atom. The summed E-state index contributed by atoms with van der Waals surface area (Å²) in [4.78, 5) is 21.5. The Morgan fingerprint density at radius 3 is 2.92 bits per heavy atom. The molecule has 0 saturated heterocycles. The molecular weight excluding hydrogens is 172 g/mol. The summed E-state index contributed by atoms with van der Waals surface area (Å²) in [6.45, 7) is 1.66. The predicted octanol–water partition coefficient (Wildman–Crippen LogP) is 0.270. The number of rotatable bonds is 4. The van der Waals surface area contributed by atoms with Crippen molar-refractivity contribution in [2.75, 3.05) is 0 Å². The van der Waals surface area contributed by atoms with Gasteiger partial charge in [-0.05, 0) is 6.92 Å². The number of hydrogen-bond donors (Lipinski definition) is 1. The molecule has 1 aromatic rings. The zero-order valence-electron chi connectivity index (χ0n) is 7.24. The molecule has 0 unspecified atom stereocenters. The largest absolute Gasteiger partial charge is 0.364 e. The van der Waals surface area contributed by atoms with Crippen LogP contribution in [-0.4, -0.2) is 16.8 Å². The van der Waals surface area contributed by atoms with E-state index >= 15 is 0 Å². The van der Waals surface area contributed by atoms with E-state index in [1.165, 1.54) is 13.2 Å². The topological polar surface area (TPSA) is 72.2 Å². The van der Waals surface area contributed by atoms with Crippen molar-refractivity contribution in [1.82, 2.24) is 10.5 Å². The normalized spacial score (nSPS) is 9.62. The third-order valence-corrected chi connectivity index (χ3v) is 1.37. The van der Waals surface area contributed by atoms with E-state index in [1.807, 2.05) is 0 Å². The summed E-state index contributed by atoms with van der Waals surface area (Å²) in [5, 5.41) is 6.13. The van der Waals surface area contributed by atoms with E-state index in [9.17, 15) is 9.59 Å². The first-order valence-electron chi connectivity index (χ1n) is 3.84. The summed E-state index contributed by atoms with van der Waals surface area (Å²) >= 11 is 0. The zero-order chi connectivity index (χ0) is 9.68. The molecule has 0 bridgehead atoms. The summed E-state index contributed by atoms with van der Waals surface area (Å²) in [6.07, 6.45) is 1.34. The molecule has 0 aromatic carbocycles. The van der Waals surface area contributed by atoms with Crippen molar-refractivity contribution in [3.8, 4) is 0 Å². The van der Waals surface area contributed by atoms with E-state index in [0.717, 1.165) is 0 Å². The third kappa shape index (κ3) is 3.50. The highest BCUT2D eigenvalue weighted by molar-refractivity contribution is 5.96. The summed E-state index contributed by atoms with van der Waals surface area (Å²) in [5.74, 6) is -0.451. The zero-order valence-corrected chi connectivity index (χ0v) is 7.24. The average Bonchev–Trinajstić information content (AvgIpc) is 2.51. The van der Waals surface area contributed by atoms with Gasteiger partial charge in [-0.3, -0.25) is 9.59 Å². The maximum atomic E-state index is 11.0. The molecule has 1 heterocycles. The van der Waals surface area contributed by atoms with Gasteiger partial charge in [0.15, 0.2) is 0 Å². The molecule has 0 aliphatic carbocycles. The van der Waals surface area contributed by atoms with Crippen LogP contribution in [0.5, 0.6) is 0 Å². The minimum absolute atomic E-state index is 0.0855. The van der Waals surface area contributed by atoms with Crippen LogP contribution >= 0.6 is 0 Å². The van der Waals surface area contributed by atoms with Crippen LogP contribution in [0.1, 0.15) is 19.0 Å². The van der Waals surface area contributed by atoms with Gasteiger partial charge in [-0.15, -0.1) is 0 Å². The Kier molecular flexibility index (Phi) is 3.19. The first-order valence-corrected chi connectivity index (χ1v) is 3.84. The van der Waals surface area contributed by atoms with E-state index in [4.69, 9.17) is 0 Å². The Labute approximate surface area is 75.1 Å². The number of aromatic nitrogens is 1. The molecular formula is C8H10N2O3. The molecule has 70 valence electrons. The number of Topliss-reactive ketones (excluding diaryl/α,β-unsaturated/α-hetero) is 1. The molecule has 0 aliphatic rings. The minimum Gasteiger partial charge on any atom is -0.364 e. The van der Waals surface area contributed by atoms with Crippen molar-refractivity contribution >= 4 is 11.7 Å². The van der Waals surface area contributed by atoms with E-state index in [-0.39, 0.29) is 18.1 Å². The second kappa shape index (κ2) is 4.39. The molecule has 0 spiro atoms. The molecule has 5 nitrogen and oxygen atoms in total. The van der Waals surface area contributed by atoms with Crippen LogP contribution in [0.25, 0.3) is 0 Å². The van der Waals surface area contributed by atoms with Gasteiger partial charge in [0, 0.05) is 6.07 Å². The first kappa shape index (κ1) is 9.44. The fourth-order valence-corrected chi connectivity index (χ4v) is 0.806. The van der Waals surface area contributed by atoms with Crippen LogP contribution in [0.2, 0.25) is 0 Å². The number of nitrogens with one attached hydrogen (secondary N) is 1. The highest BCUT2D eigenvalue weighted by Crippen LogP contribution is 1.93. The van der Waals surface area contributed by atoms with Gasteiger partial charge in [-0.2, -0.15) is 0 Å². The van der Waals surface area contributed by atoms with Gasteiger partial charge in [-0.25, -0.2) is 0 Å². The van der Waals surface area contributed by atoms with Gasteiger partial charge < -0.3 is 9.84 Å². The molecule has 1 aromatic heterocycles. The maximum Gasteiger partial charge on any atom is 0.227 e. The lowest BCUT2D eigenvalue weighted by atomic mass is 10.3. The highest BCUT2D eigenvalue weighted by atomic mass is 16.5. The van der Waals surface area contributed by atoms with Crippen LogP contribution in [0.15, 0.2) is 16.9 Å². The van der Waals surface area contributed by atoms with Crippen molar-refractivity contribution in [3.05, 3.63) is 18.0 Å². The minimum atomic E-state index is -0.296. The molecule has 5 heteroatoms. The molecule has 0 saturated carbocycles. The number of nitrogens with zero attached hydrogens (tertiary/aromatic N) is 1. The van der Waals surface area contributed by atoms with E-state index in [1.54, 1.807) is 6.07 Å². The standard InChI is InChI=1S/C8H10N2O3/c1-6(11)4-8(12)9-5-7-2-3-13-10-7/h2-3H,4-5H2,1H3,(H,9,12). The lowest BCUT2D eigenvalue weighted by Crippen LogP contribution is -2.24. The number of hydrogen-bond acceptors (Lipinski definition) is 4. The quantitative estimate of drug-likeness (QED) is 0.678. The molecule has 0 aliphatic heterocycles. The molecule has 0 radical (unpaired) electrons. The number of ketones is 1. The third-order valence-electron chi connectivity index (χ3n) is 1.37. The number of amides is 1. The molecule has 1 rings (SSSR count). The smallest absolute Gasteiger partial charge is 0.227 e. The SMILES string of the molecule is CC(=O)CC(=O)NCc1ccon1. The van der Waals surface area contributed by atoms with Gasteiger partial charge in [0.2, 0.25) is 5.91 Å². The average molecular weight is 182 g/mol. The predicted molar refractivity (Wildman–Crippen MR) is 43.6 cm³/mol. The molecule has 1 N–H and O–H groups in total. The van der Waals surface area contributed by atoms with Crippen LogP contribution in [0, 0.1) is 0 Å². The number of carbonyl (C=O) groups is 2. The molecule has 1 amide bonds. The summed E-state index contributed by atoms with van der Waals surface area (Å²) in [5.41, 5.74) is 0.636. The van der Waals surface area contributed by atoms with Crippen LogP contribution < -0.4 is 5.32 Å². The van der Waals surface area contributed by atoms with E-state index in [2.05, 4.69) is 15.0 Å². The summed E-state index contributed by atoms with van der Waals surface area (Å²) in [6, 6.07) is 1.65. The van der Waals surface area contributed by atoms with E-state index in [0.29, 0.717) is 12.2 Å². The molecule has 13 heavy (non-hydrogen) atoms. The van der Waals surface area contributed by atoms with Crippen LogP contribution in [-0.2, 0) is 16.1 Å². The molecule has 0 atom stereocenters. The Bertz CT molecular complexity index is 292. The van der Waals surface area contributed by atoms with Gasteiger partial charge >= 0.3 is 0 Å². The summed E-state index contributed by atoms with van der Waals surface area (Å²) < 4.78 is 4.56. The Balaban J connectivity index is 2.27. The first-order chi connectivity index (χ1) is 6.18. The van der Waals surface area contributed by atoms with Gasteiger partial charge in [0.1, 0.15) is 17.7 Å². The van der Waals surface area contributed by atoms with Crippen LogP contribution in [0.4, 0.5) is 0 Å². The fourth-order valence-electron chi connectivity index (χ4n) is 0.806. The Hall–Kier alpha value is -1.65. The van der Waals surface area contributed by atoms with Crippen molar-refractivity contribution < 1.29 is 14.1 Å². The van der Waals surface area contributed by atoms with Crippen molar-refractivity contribution in [2.24, 2.45) is 0 Å². The van der Waals surface area contributed by atoms with E-state index < -0.39 is 0 Å². The lowest BCUT2D eigenvalue weighted by molar-refractivity contribution is -0.127. The van der Waals surface area contributed by atoms with Gasteiger partial charge in [-0.1, -0.05) is 5.16 Å². The maximum absolute atomic E-state index is 11.0. The second-order valence-corrected chi connectivity index (χ2v) is 2.65. The fraction of sp³-hybridized carbons (Fsp3) is 0.375. The summed E-state index contributed by atoms with van der Waals surface area (Å²) in [7, 11) is 0. The second-order valence-electron chi connectivity index (χ2n) is 2.65.